The predicted octanol–water partition coefficient (Wildman–Crippen LogP) is 3.02. The van der Waals surface area contributed by atoms with Crippen LogP contribution in [0.2, 0.25) is 0 Å². The van der Waals surface area contributed by atoms with Gasteiger partial charge in [0, 0.05) is 5.92 Å². The van der Waals surface area contributed by atoms with Crippen LogP contribution in [0.3, 0.4) is 0 Å². The number of rotatable bonds is 4. The molecule has 1 aromatic rings. The molecule has 2 rings (SSSR count). The van der Waals surface area contributed by atoms with Gasteiger partial charge in [-0.3, -0.25) is 0 Å². The topological polar surface area (TPSA) is 51.0 Å². The maximum atomic E-state index is 12.0. The van der Waals surface area contributed by atoms with Gasteiger partial charge in [-0.25, -0.2) is 0 Å². The van der Waals surface area contributed by atoms with Crippen molar-refractivity contribution in [3.8, 4) is 0 Å². The molecule has 1 fully saturated rings. The highest BCUT2D eigenvalue weighted by molar-refractivity contribution is 4.97. The lowest BCUT2D eigenvalue weighted by Gasteiger charge is -2.23. The normalized spacial score (nSPS) is 24.6. The van der Waals surface area contributed by atoms with Gasteiger partial charge in [0.1, 0.15) is 0 Å². The standard InChI is InChI=1S/C12H18F3N3O/c1-8-2-4-9(5-3-8)11-17-10(19-18-11)6-16-7-12(13,14)15/h8-9,16H,2-7H2,1H3. The molecule has 4 nitrogen and oxygen atoms in total. The van der Waals surface area contributed by atoms with Crippen molar-refractivity contribution in [2.45, 2.75) is 51.2 Å². The molecule has 1 N–H and O–H groups in total. The molecule has 0 amide bonds. The summed E-state index contributed by atoms with van der Waals surface area (Å²) in [5.74, 6) is 1.88. The van der Waals surface area contributed by atoms with Gasteiger partial charge >= 0.3 is 6.18 Å². The van der Waals surface area contributed by atoms with Crippen LogP contribution in [0.4, 0.5) is 13.2 Å². The number of halogens is 3. The van der Waals surface area contributed by atoms with Crippen LogP contribution in [0, 0.1) is 5.92 Å². The maximum absolute atomic E-state index is 12.0. The van der Waals surface area contributed by atoms with Crippen molar-refractivity contribution in [2.24, 2.45) is 5.92 Å². The van der Waals surface area contributed by atoms with E-state index in [0.717, 1.165) is 31.6 Å². The fourth-order valence-electron chi connectivity index (χ4n) is 2.34. The summed E-state index contributed by atoms with van der Waals surface area (Å²) < 4.78 is 40.9. The highest BCUT2D eigenvalue weighted by Gasteiger charge is 2.27. The van der Waals surface area contributed by atoms with Gasteiger partial charge < -0.3 is 9.84 Å². The van der Waals surface area contributed by atoms with E-state index in [1.54, 1.807) is 0 Å². The maximum Gasteiger partial charge on any atom is 0.401 e. The van der Waals surface area contributed by atoms with Crippen LogP contribution in [0.1, 0.15) is 50.2 Å². The molecule has 0 unspecified atom stereocenters. The van der Waals surface area contributed by atoms with Gasteiger partial charge in [-0.1, -0.05) is 24.9 Å². The van der Waals surface area contributed by atoms with E-state index in [4.69, 9.17) is 4.52 Å². The molecule has 0 aliphatic heterocycles. The summed E-state index contributed by atoms with van der Waals surface area (Å²) in [6, 6.07) is 0. The van der Waals surface area contributed by atoms with E-state index in [-0.39, 0.29) is 18.4 Å². The van der Waals surface area contributed by atoms with E-state index in [1.807, 2.05) is 0 Å². The average Bonchev–Trinajstić information content (AvgIpc) is 2.77. The first kappa shape index (κ1) is 14.3. The Morgan fingerprint density at radius 1 is 1.26 bits per heavy atom. The van der Waals surface area contributed by atoms with E-state index < -0.39 is 12.7 Å². The molecule has 1 saturated carbocycles. The molecule has 0 radical (unpaired) electrons. The zero-order valence-corrected chi connectivity index (χ0v) is 10.8. The Bertz CT molecular complexity index is 397. The summed E-state index contributed by atoms with van der Waals surface area (Å²) in [6.45, 7) is 1.13. The molecule has 0 aromatic carbocycles. The summed E-state index contributed by atoms with van der Waals surface area (Å²) in [7, 11) is 0. The lowest BCUT2D eigenvalue weighted by molar-refractivity contribution is -0.125. The molecule has 19 heavy (non-hydrogen) atoms. The van der Waals surface area contributed by atoms with E-state index >= 15 is 0 Å². The molecule has 0 atom stereocenters. The average molecular weight is 277 g/mol. The summed E-state index contributed by atoms with van der Waals surface area (Å²) in [4.78, 5) is 4.17. The zero-order chi connectivity index (χ0) is 13.9. The van der Waals surface area contributed by atoms with E-state index in [0.29, 0.717) is 5.82 Å². The Balaban J connectivity index is 1.82. The summed E-state index contributed by atoms with van der Waals surface area (Å²) >= 11 is 0. The fourth-order valence-corrected chi connectivity index (χ4v) is 2.34. The Morgan fingerprint density at radius 2 is 1.95 bits per heavy atom. The number of hydrogen-bond acceptors (Lipinski definition) is 4. The second-order valence-corrected chi connectivity index (χ2v) is 5.22. The SMILES string of the molecule is CC1CCC(c2noc(CNCC(F)(F)F)n2)CC1. The molecule has 0 spiro atoms. The molecule has 7 heteroatoms. The third-order valence-electron chi connectivity index (χ3n) is 3.47. The van der Waals surface area contributed by atoms with E-state index in [1.165, 1.54) is 0 Å². The summed E-state index contributed by atoms with van der Waals surface area (Å²) in [5.41, 5.74) is 0. The van der Waals surface area contributed by atoms with Crippen molar-refractivity contribution in [2.75, 3.05) is 6.54 Å². The summed E-state index contributed by atoms with van der Waals surface area (Å²) in [5, 5.41) is 6.12. The smallest absolute Gasteiger partial charge is 0.338 e. The Labute approximate surface area is 109 Å². The fraction of sp³-hybridized carbons (Fsp3) is 0.833. The predicted molar refractivity (Wildman–Crippen MR) is 62.4 cm³/mol. The minimum Gasteiger partial charge on any atom is -0.338 e. The van der Waals surface area contributed by atoms with Crippen molar-refractivity contribution >= 4 is 0 Å². The molecular formula is C12H18F3N3O. The quantitative estimate of drug-likeness (QED) is 0.919. The number of nitrogens with one attached hydrogen (secondary N) is 1. The van der Waals surface area contributed by atoms with Crippen molar-refractivity contribution < 1.29 is 17.7 Å². The van der Waals surface area contributed by atoms with Crippen molar-refractivity contribution in [1.29, 1.82) is 0 Å². The molecule has 108 valence electrons. The van der Waals surface area contributed by atoms with Gasteiger partial charge in [0.2, 0.25) is 5.89 Å². The van der Waals surface area contributed by atoms with Crippen LogP contribution < -0.4 is 5.32 Å². The van der Waals surface area contributed by atoms with Crippen molar-refractivity contribution in [3.63, 3.8) is 0 Å². The van der Waals surface area contributed by atoms with Gasteiger partial charge in [-0.2, -0.15) is 18.2 Å². The third kappa shape index (κ3) is 4.49. The number of nitrogens with zero attached hydrogens (tertiary/aromatic N) is 2. The molecule has 1 heterocycles. The highest BCUT2D eigenvalue weighted by atomic mass is 19.4. The van der Waals surface area contributed by atoms with Crippen molar-refractivity contribution in [3.05, 3.63) is 11.7 Å². The highest BCUT2D eigenvalue weighted by Crippen LogP contribution is 2.33. The largest absolute Gasteiger partial charge is 0.401 e. The van der Waals surface area contributed by atoms with Gasteiger partial charge in [-0.15, -0.1) is 0 Å². The Hall–Kier alpha value is -1.11. The minimum atomic E-state index is -4.22. The van der Waals surface area contributed by atoms with Crippen LogP contribution in [0.25, 0.3) is 0 Å². The third-order valence-corrected chi connectivity index (χ3v) is 3.47. The van der Waals surface area contributed by atoms with E-state index in [2.05, 4.69) is 22.4 Å². The molecule has 0 saturated heterocycles. The van der Waals surface area contributed by atoms with Crippen LogP contribution in [0.5, 0.6) is 0 Å². The second-order valence-electron chi connectivity index (χ2n) is 5.22. The first-order valence-corrected chi connectivity index (χ1v) is 6.54. The number of alkyl halides is 3. The van der Waals surface area contributed by atoms with Crippen LogP contribution in [0.15, 0.2) is 4.52 Å². The molecule has 1 aliphatic carbocycles. The van der Waals surface area contributed by atoms with Gasteiger partial charge in [-0.05, 0) is 18.8 Å². The zero-order valence-electron chi connectivity index (χ0n) is 10.8. The molecule has 1 aromatic heterocycles. The second kappa shape index (κ2) is 5.90. The molecule has 1 aliphatic rings. The number of hydrogen-bond donors (Lipinski definition) is 1. The Kier molecular flexibility index (Phi) is 4.44. The summed E-state index contributed by atoms with van der Waals surface area (Å²) in [6.07, 6.45) is 0.107. The van der Waals surface area contributed by atoms with Gasteiger partial charge in [0.15, 0.2) is 5.82 Å². The lowest BCUT2D eigenvalue weighted by Crippen LogP contribution is -2.28. The number of aromatic nitrogens is 2. The molecule has 0 bridgehead atoms. The van der Waals surface area contributed by atoms with Crippen LogP contribution in [-0.4, -0.2) is 22.9 Å². The molecular weight excluding hydrogens is 259 g/mol. The Morgan fingerprint density at radius 3 is 2.58 bits per heavy atom. The van der Waals surface area contributed by atoms with E-state index in [9.17, 15) is 13.2 Å². The van der Waals surface area contributed by atoms with Gasteiger partial charge in [0.05, 0.1) is 13.1 Å². The minimum absolute atomic E-state index is 0.0460. The van der Waals surface area contributed by atoms with Crippen LogP contribution >= 0.6 is 0 Å². The van der Waals surface area contributed by atoms with Crippen LogP contribution in [-0.2, 0) is 6.54 Å². The first-order valence-electron chi connectivity index (χ1n) is 6.54. The first-order chi connectivity index (χ1) is 8.94. The van der Waals surface area contributed by atoms with Crippen molar-refractivity contribution in [1.82, 2.24) is 15.5 Å². The lowest BCUT2D eigenvalue weighted by atomic mass is 9.83. The monoisotopic (exact) mass is 277 g/mol. The van der Waals surface area contributed by atoms with Gasteiger partial charge in [0.25, 0.3) is 0 Å².